The molecule has 4 nitrogen and oxygen atoms in total. The van der Waals surface area contributed by atoms with Crippen LogP contribution in [0.25, 0.3) is 21.7 Å². The Morgan fingerprint density at radius 1 is 1.22 bits per heavy atom. The Bertz CT molecular complexity index is 691. The Morgan fingerprint density at radius 2 is 2.11 bits per heavy atom. The molecule has 3 aromatic rings. The summed E-state index contributed by atoms with van der Waals surface area (Å²) in [4.78, 5) is 15.6. The molecule has 0 amide bonds. The standard InChI is InChI=1S/C13H12N4S/c1-8-7-9-11(14-2)16-12(17-13(9)18-8)10-5-3-4-6-15-10/h3-7H,1-2H3,(H,14,16,17). The van der Waals surface area contributed by atoms with Crippen LogP contribution in [0.1, 0.15) is 4.88 Å². The molecule has 3 rings (SSSR count). The van der Waals surface area contributed by atoms with E-state index in [0.717, 1.165) is 21.7 Å². The van der Waals surface area contributed by atoms with Crippen molar-refractivity contribution >= 4 is 27.4 Å². The van der Waals surface area contributed by atoms with Crippen molar-refractivity contribution in [2.24, 2.45) is 0 Å². The van der Waals surface area contributed by atoms with E-state index in [9.17, 15) is 0 Å². The smallest absolute Gasteiger partial charge is 0.181 e. The van der Waals surface area contributed by atoms with Crippen molar-refractivity contribution in [3.05, 3.63) is 35.3 Å². The van der Waals surface area contributed by atoms with Gasteiger partial charge in [-0.1, -0.05) is 6.07 Å². The van der Waals surface area contributed by atoms with Crippen LogP contribution in [0.5, 0.6) is 0 Å². The molecule has 0 aliphatic heterocycles. The van der Waals surface area contributed by atoms with Crippen LogP contribution in [0.2, 0.25) is 0 Å². The normalized spacial score (nSPS) is 10.8. The first-order chi connectivity index (χ1) is 8.78. The predicted molar refractivity (Wildman–Crippen MR) is 74.9 cm³/mol. The molecule has 0 saturated heterocycles. The highest BCUT2D eigenvalue weighted by Crippen LogP contribution is 2.30. The molecule has 0 aliphatic carbocycles. The Kier molecular flexibility index (Phi) is 2.68. The predicted octanol–water partition coefficient (Wildman–Crippen LogP) is 3.10. The van der Waals surface area contributed by atoms with Gasteiger partial charge in [0.25, 0.3) is 0 Å². The largest absolute Gasteiger partial charge is 0.372 e. The number of rotatable bonds is 2. The summed E-state index contributed by atoms with van der Waals surface area (Å²) in [5.74, 6) is 1.51. The number of nitrogens with zero attached hydrogens (tertiary/aromatic N) is 3. The molecule has 0 fully saturated rings. The van der Waals surface area contributed by atoms with Crippen molar-refractivity contribution in [3.63, 3.8) is 0 Å². The quantitative estimate of drug-likeness (QED) is 0.765. The maximum atomic E-state index is 4.58. The number of aryl methyl sites for hydroxylation is 1. The van der Waals surface area contributed by atoms with Crippen LogP contribution in [0.15, 0.2) is 30.5 Å². The summed E-state index contributed by atoms with van der Waals surface area (Å²) < 4.78 is 0. The molecule has 0 spiro atoms. The van der Waals surface area contributed by atoms with E-state index in [1.165, 1.54) is 4.88 Å². The van der Waals surface area contributed by atoms with Crippen molar-refractivity contribution in [2.45, 2.75) is 6.92 Å². The lowest BCUT2D eigenvalue weighted by Gasteiger charge is -2.04. The monoisotopic (exact) mass is 256 g/mol. The first-order valence-electron chi connectivity index (χ1n) is 5.65. The minimum atomic E-state index is 0.661. The molecule has 1 N–H and O–H groups in total. The van der Waals surface area contributed by atoms with E-state index in [-0.39, 0.29) is 0 Å². The van der Waals surface area contributed by atoms with Crippen molar-refractivity contribution in [1.29, 1.82) is 0 Å². The maximum absolute atomic E-state index is 4.58. The molecular weight excluding hydrogens is 244 g/mol. The number of hydrogen-bond donors (Lipinski definition) is 1. The lowest BCUT2D eigenvalue weighted by Crippen LogP contribution is -1.97. The second-order valence-electron chi connectivity index (χ2n) is 3.94. The molecule has 5 heteroatoms. The van der Waals surface area contributed by atoms with E-state index in [2.05, 4.69) is 33.3 Å². The first-order valence-corrected chi connectivity index (χ1v) is 6.47. The Morgan fingerprint density at radius 3 is 2.83 bits per heavy atom. The van der Waals surface area contributed by atoms with Crippen LogP contribution in [0.3, 0.4) is 0 Å². The highest BCUT2D eigenvalue weighted by atomic mass is 32.1. The molecule has 0 unspecified atom stereocenters. The number of hydrogen-bond acceptors (Lipinski definition) is 5. The highest BCUT2D eigenvalue weighted by Gasteiger charge is 2.11. The average molecular weight is 256 g/mol. The average Bonchev–Trinajstić information content (AvgIpc) is 2.78. The van der Waals surface area contributed by atoms with Gasteiger partial charge in [0, 0.05) is 18.1 Å². The fraction of sp³-hybridized carbons (Fsp3) is 0.154. The fourth-order valence-corrected chi connectivity index (χ4v) is 2.72. The number of aromatic nitrogens is 3. The molecule has 0 aromatic carbocycles. The van der Waals surface area contributed by atoms with E-state index in [0.29, 0.717) is 5.82 Å². The third-order valence-electron chi connectivity index (χ3n) is 2.65. The first kappa shape index (κ1) is 11.1. The second-order valence-corrected chi connectivity index (χ2v) is 5.17. The number of thiophene rings is 1. The molecule has 18 heavy (non-hydrogen) atoms. The van der Waals surface area contributed by atoms with Crippen LogP contribution in [-0.4, -0.2) is 22.0 Å². The van der Waals surface area contributed by atoms with E-state index in [4.69, 9.17) is 0 Å². The number of fused-ring (bicyclic) bond motifs is 1. The van der Waals surface area contributed by atoms with E-state index < -0.39 is 0 Å². The van der Waals surface area contributed by atoms with Crippen molar-refractivity contribution < 1.29 is 0 Å². The molecule has 3 aromatic heterocycles. The van der Waals surface area contributed by atoms with Gasteiger partial charge < -0.3 is 5.32 Å². The third kappa shape index (κ3) is 1.82. The zero-order valence-electron chi connectivity index (χ0n) is 10.1. The zero-order chi connectivity index (χ0) is 12.5. The summed E-state index contributed by atoms with van der Waals surface area (Å²) in [5, 5.41) is 4.19. The number of anilines is 1. The summed E-state index contributed by atoms with van der Waals surface area (Å²) in [6, 6.07) is 7.85. The van der Waals surface area contributed by atoms with E-state index >= 15 is 0 Å². The molecule has 0 bridgehead atoms. The topological polar surface area (TPSA) is 50.7 Å². The SMILES string of the molecule is CNc1nc(-c2ccccn2)nc2sc(C)cc12. The molecule has 0 radical (unpaired) electrons. The van der Waals surface area contributed by atoms with Gasteiger partial charge in [-0.15, -0.1) is 11.3 Å². The summed E-state index contributed by atoms with van der Waals surface area (Å²) in [5.41, 5.74) is 0.793. The lowest BCUT2D eigenvalue weighted by molar-refractivity contribution is 1.18. The minimum absolute atomic E-state index is 0.661. The molecular formula is C13H12N4S. The lowest BCUT2D eigenvalue weighted by atomic mass is 10.3. The van der Waals surface area contributed by atoms with Gasteiger partial charge in [0.1, 0.15) is 16.3 Å². The van der Waals surface area contributed by atoms with Crippen LogP contribution in [-0.2, 0) is 0 Å². The Labute approximate surface area is 109 Å². The van der Waals surface area contributed by atoms with Crippen molar-refractivity contribution in [2.75, 3.05) is 12.4 Å². The van der Waals surface area contributed by atoms with Gasteiger partial charge in [-0.3, -0.25) is 4.98 Å². The summed E-state index contributed by atoms with van der Waals surface area (Å²) in [6.07, 6.45) is 1.75. The van der Waals surface area contributed by atoms with Gasteiger partial charge in [-0.2, -0.15) is 0 Å². The summed E-state index contributed by atoms with van der Waals surface area (Å²) in [6.45, 7) is 2.08. The number of pyridine rings is 1. The van der Waals surface area contributed by atoms with Crippen LogP contribution < -0.4 is 5.32 Å². The third-order valence-corrected chi connectivity index (χ3v) is 3.59. The second kappa shape index (κ2) is 4.34. The molecule has 0 atom stereocenters. The summed E-state index contributed by atoms with van der Waals surface area (Å²) >= 11 is 1.67. The molecule has 0 aliphatic rings. The van der Waals surface area contributed by atoms with Gasteiger partial charge in [0.05, 0.1) is 5.39 Å². The van der Waals surface area contributed by atoms with Gasteiger partial charge in [-0.25, -0.2) is 9.97 Å². The van der Waals surface area contributed by atoms with Gasteiger partial charge in [0.2, 0.25) is 0 Å². The Hall–Kier alpha value is -2.01. The highest BCUT2D eigenvalue weighted by molar-refractivity contribution is 7.18. The van der Waals surface area contributed by atoms with Crippen LogP contribution in [0, 0.1) is 6.92 Å². The summed E-state index contributed by atoms with van der Waals surface area (Å²) in [7, 11) is 1.87. The maximum Gasteiger partial charge on any atom is 0.181 e. The van der Waals surface area contributed by atoms with Gasteiger partial charge >= 0.3 is 0 Å². The minimum Gasteiger partial charge on any atom is -0.372 e. The van der Waals surface area contributed by atoms with Gasteiger partial charge in [0.15, 0.2) is 5.82 Å². The zero-order valence-corrected chi connectivity index (χ0v) is 11.0. The van der Waals surface area contributed by atoms with Crippen LogP contribution in [0.4, 0.5) is 5.82 Å². The molecule has 90 valence electrons. The van der Waals surface area contributed by atoms with Crippen molar-refractivity contribution in [3.8, 4) is 11.5 Å². The van der Waals surface area contributed by atoms with E-state index in [1.807, 2.05) is 25.2 Å². The van der Waals surface area contributed by atoms with Gasteiger partial charge in [-0.05, 0) is 25.1 Å². The molecule has 0 saturated carbocycles. The van der Waals surface area contributed by atoms with Crippen molar-refractivity contribution in [1.82, 2.24) is 15.0 Å². The number of nitrogens with one attached hydrogen (secondary N) is 1. The van der Waals surface area contributed by atoms with Crippen LogP contribution >= 0.6 is 11.3 Å². The van der Waals surface area contributed by atoms with E-state index in [1.54, 1.807) is 17.5 Å². The fourth-order valence-electron chi connectivity index (χ4n) is 1.84. The molecule has 3 heterocycles. The Balaban J connectivity index is 2.25.